The van der Waals surface area contributed by atoms with E-state index in [1.54, 1.807) is 0 Å². The maximum atomic E-state index is 13.4. The summed E-state index contributed by atoms with van der Waals surface area (Å²) in [4.78, 5) is 47.9. The number of carbonyl (C=O) groups is 4. The molecule has 0 fully saturated rings. The number of imide groups is 2. The van der Waals surface area contributed by atoms with Gasteiger partial charge in [0, 0.05) is 0 Å². The van der Waals surface area contributed by atoms with Crippen molar-refractivity contribution in [3.63, 3.8) is 0 Å². The van der Waals surface area contributed by atoms with Crippen molar-refractivity contribution in [2.45, 2.75) is 9.79 Å². The molecule has 2 aromatic carbocycles. The summed E-state index contributed by atoms with van der Waals surface area (Å²) in [7, 11) is -10.1. The molecular weight excluding hydrogens is 450 g/mol. The second kappa shape index (κ2) is 5.99. The third kappa shape index (κ3) is 2.43. The van der Waals surface area contributed by atoms with Crippen molar-refractivity contribution in [3.8, 4) is 0 Å². The summed E-state index contributed by atoms with van der Waals surface area (Å²) in [5.41, 5.74) is -1.25. The number of hydrogen-bond donors (Lipinski definition) is 0. The number of sulfonamides is 2. The molecule has 4 amide bonds. The van der Waals surface area contributed by atoms with Crippen molar-refractivity contribution in [3.05, 3.63) is 59.2 Å². The fourth-order valence-electron chi connectivity index (χ4n) is 2.98. The molecule has 0 unspecified atom stereocenters. The Morgan fingerprint density at radius 1 is 0.667 bits per heavy atom. The molecule has 0 spiro atoms. The largest absolute Gasteiger partial charge is 0.334 e. The highest BCUT2D eigenvalue weighted by molar-refractivity contribution is 7.91. The SMILES string of the molecule is O=C(C(=O)N1C(=O)c2ccc(F)cc2S1(=O)=O)N1C(=O)c2ccc(F)cc2S1(=O)=O. The normalized spacial score (nSPS) is 18.3. The number of rotatable bonds is 0. The number of fused-ring (bicyclic) bond motifs is 2. The molecule has 0 aliphatic carbocycles. The molecule has 30 heavy (non-hydrogen) atoms. The average Bonchev–Trinajstić information content (AvgIpc) is 2.98. The minimum Gasteiger partial charge on any atom is -0.267 e. The highest BCUT2D eigenvalue weighted by Crippen LogP contribution is 2.34. The van der Waals surface area contributed by atoms with Crippen LogP contribution in [0, 0.1) is 11.6 Å². The fourth-order valence-corrected chi connectivity index (χ4v) is 5.99. The smallest absolute Gasteiger partial charge is 0.267 e. The number of benzene rings is 2. The summed E-state index contributed by atoms with van der Waals surface area (Å²) in [6, 6.07) is 3.88. The van der Waals surface area contributed by atoms with Crippen LogP contribution < -0.4 is 0 Å². The lowest BCUT2D eigenvalue weighted by Crippen LogP contribution is -2.49. The van der Waals surface area contributed by atoms with E-state index in [9.17, 15) is 44.8 Å². The Morgan fingerprint density at radius 2 is 1.00 bits per heavy atom. The van der Waals surface area contributed by atoms with Crippen LogP contribution in [0.4, 0.5) is 8.78 Å². The summed E-state index contributed by atoms with van der Waals surface area (Å²) in [5, 5.41) is 0. The van der Waals surface area contributed by atoms with Gasteiger partial charge in [-0.25, -0.2) is 25.6 Å². The van der Waals surface area contributed by atoms with Gasteiger partial charge in [-0.05, 0) is 36.4 Å². The van der Waals surface area contributed by atoms with Crippen molar-refractivity contribution in [2.75, 3.05) is 0 Å². The first-order valence-electron chi connectivity index (χ1n) is 7.76. The van der Waals surface area contributed by atoms with E-state index in [4.69, 9.17) is 0 Å². The van der Waals surface area contributed by atoms with Gasteiger partial charge in [0.25, 0.3) is 31.9 Å². The second-order valence-electron chi connectivity index (χ2n) is 6.04. The van der Waals surface area contributed by atoms with E-state index in [0.29, 0.717) is 12.1 Å². The first kappa shape index (κ1) is 19.8. The summed E-state index contributed by atoms with van der Waals surface area (Å²) in [5.74, 6) is -9.53. The topological polar surface area (TPSA) is 143 Å². The zero-order valence-electron chi connectivity index (χ0n) is 14.2. The molecule has 0 atom stereocenters. The van der Waals surface area contributed by atoms with Crippen LogP contribution in [-0.4, -0.2) is 49.1 Å². The Balaban J connectivity index is 1.78. The molecule has 2 aromatic rings. The average molecular weight is 456 g/mol. The highest BCUT2D eigenvalue weighted by Gasteiger charge is 2.53. The predicted molar refractivity (Wildman–Crippen MR) is 89.5 cm³/mol. The van der Waals surface area contributed by atoms with Crippen molar-refractivity contribution in [2.24, 2.45) is 0 Å². The van der Waals surface area contributed by atoms with Gasteiger partial charge >= 0.3 is 11.8 Å². The molecule has 0 radical (unpaired) electrons. The van der Waals surface area contributed by atoms with Crippen LogP contribution in [0.25, 0.3) is 0 Å². The zero-order valence-corrected chi connectivity index (χ0v) is 15.8. The van der Waals surface area contributed by atoms with Crippen LogP contribution >= 0.6 is 0 Å². The molecule has 0 saturated carbocycles. The lowest BCUT2D eigenvalue weighted by Gasteiger charge is -2.16. The van der Waals surface area contributed by atoms with Crippen LogP contribution in [0.1, 0.15) is 20.7 Å². The van der Waals surface area contributed by atoms with E-state index in [0.717, 1.165) is 24.3 Å². The molecule has 154 valence electrons. The van der Waals surface area contributed by atoms with Crippen molar-refractivity contribution < 1.29 is 44.8 Å². The van der Waals surface area contributed by atoms with Gasteiger partial charge in [0.15, 0.2) is 0 Å². The van der Waals surface area contributed by atoms with Gasteiger partial charge in [0.05, 0.1) is 11.1 Å². The summed E-state index contributed by atoms with van der Waals surface area (Å²) < 4.78 is 75.6. The molecule has 0 saturated heterocycles. The van der Waals surface area contributed by atoms with Gasteiger partial charge in [0.1, 0.15) is 21.4 Å². The van der Waals surface area contributed by atoms with Crippen LogP contribution in [0.5, 0.6) is 0 Å². The van der Waals surface area contributed by atoms with Crippen molar-refractivity contribution >= 4 is 43.7 Å². The quantitative estimate of drug-likeness (QED) is 0.505. The minimum absolute atomic E-state index is 0.441. The Morgan fingerprint density at radius 3 is 1.33 bits per heavy atom. The van der Waals surface area contributed by atoms with Gasteiger partial charge in [-0.3, -0.25) is 19.2 Å². The number of amides is 4. The molecular formula is C16H6F2N2O8S2. The van der Waals surface area contributed by atoms with Gasteiger partial charge < -0.3 is 0 Å². The molecule has 0 aromatic heterocycles. The maximum Gasteiger partial charge on any atom is 0.334 e. The maximum absolute atomic E-state index is 13.4. The number of hydrogen-bond acceptors (Lipinski definition) is 8. The first-order chi connectivity index (χ1) is 13.9. The monoisotopic (exact) mass is 456 g/mol. The zero-order chi connectivity index (χ0) is 22.2. The molecule has 10 nitrogen and oxygen atoms in total. The third-order valence-electron chi connectivity index (χ3n) is 4.31. The van der Waals surface area contributed by atoms with E-state index in [-0.39, 0.29) is 0 Å². The highest BCUT2D eigenvalue weighted by atomic mass is 32.2. The van der Waals surface area contributed by atoms with Crippen LogP contribution in [-0.2, 0) is 29.6 Å². The van der Waals surface area contributed by atoms with Gasteiger partial charge in [-0.2, -0.15) is 8.61 Å². The third-order valence-corrected chi connectivity index (χ3v) is 7.72. The molecule has 2 aliphatic heterocycles. The van der Waals surface area contributed by atoms with E-state index < -0.39 is 84.8 Å². The van der Waals surface area contributed by atoms with Crippen LogP contribution in [0.3, 0.4) is 0 Å². The van der Waals surface area contributed by atoms with Gasteiger partial charge in [0.2, 0.25) is 0 Å². The minimum atomic E-state index is -5.04. The Bertz CT molecular complexity index is 1320. The van der Waals surface area contributed by atoms with Crippen LogP contribution in [0.2, 0.25) is 0 Å². The number of halogens is 2. The van der Waals surface area contributed by atoms with E-state index >= 15 is 0 Å². The number of nitrogens with zero attached hydrogens (tertiary/aromatic N) is 2. The Hall–Kier alpha value is -3.52. The lowest BCUT2D eigenvalue weighted by atomic mass is 10.2. The van der Waals surface area contributed by atoms with Crippen molar-refractivity contribution in [1.82, 2.24) is 8.61 Å². The second-order valence-corrected chi connectivity index (χ2v) is 9.55. The summed E-state index contributed by atoms with van der Waals surface area (Å²) in [6.45, 7) is 0. The van der Waals surface area contributed by atoms with Crippen molar-refractivity contribution in [1.29, 1.82) is 0 Å². The molecule has 2 aliphatic rings. The molecule has 4 rings (SSSR count). The Labute approximate surface area is 166 Å². The standard InChI is InChI=1S/C16H6F2N2O8S2/c17-7-1-3-9-11(5-7)29(25,26)19(13(9)21)15(23)16(24)20-14(22)10-4-2-8(18)6-12(10)30(20,27)28/h1-6H. The Kier molecular flexibility index (Phi) is 3.95. The van der Waals surface area contributed by atoms with E-state index in [1.165, 1.54) is 0 Å². The summed E-state index contributed by atoms with van der Waals surface area (Å²) >= 11 is 0. The lowest BCUT2D eigenvalue weighted by molar-refractivity contribution is -0.143. The fraction of sp³-hybridized carbons (Fsp3) is 0. The number of carbonyl (C=O) groups excluding carboxylic acids is 4. The van der Waals surface area contributed by atoms with Crippen LogP contribution in [0.15, 0.2) is 46.2 Å². The molecule has 2 heterocycles. The van der Waals surface area contributed by atoms with Gasteiger partial charge in [-0.1, -0.05) is 0 Å². The van der Waals surface area contributed by atoms with E-state index in [1.807, 2.05) is 0 Å². The molecule has 0 N–H and O–H groups in total. The molecule has 14 heteroatoms. The first-order valence-corrected chi connectivity index (χ1v) is 10.6. The van der Waals surface area contributed by atoms with Gasteiger partial charge in [-0.15, -0.1) is 0 Å². The predicted octanol–water partition coefficient (Wildman–Crippen LogP) is 0.00720. The molecule has 0 bridgehead atoms. The summed E-state index contributed by atoms with van der Waals surface area (Å²) in [6.07, 6.45) is 0. The van der Waals surface area contributed by atoms with E-state index in [2.05, 4.69) is 0 Å².